The molecule has 19 heavy (non-hydrogen) atoms. The van der Waals surface area contributed by atoms with Gasteiger partial charge in [-0.1, -0.05) is 13.8 Å². The smallest absolute Gasteiger partial charge is 0.0139 e. The summed E-state index contributed by atoms with van der Waals surface area (Å²) in [6, 6.07) is 0.922. The summed E-state index contributed by atoms with van der Waals surface area (Å²) in [5, 5.41) is 3.50. The van der Waals surface area contributed by atoms with Crippen LogP contribution in [0.4, 0.5) is 0 Å². The van der Waals surface area contributed by atoms with E-state index in [1.54, 1.807) is 0 Å². The van der Waals surface area contributed by atoms with Crippen molar-refractivity contribution in [3.8, 4) is 0 Å². The first-order valence-corrected chi connectivity index (χ1v) is 7.93. The van der Waals surface area contributed by atoms with E-state index >= 15 is 0 Å². The Morgan fingerprint density at radius 2 is 1.74 bits per heavy atom. The van der Waals surface area contributed by atoms with Crippen molar-refractivity contribution in [1.29, 1.82) is 0 Å². The molecular weight excluding hydrogens is 236 g/mol. The molecule has 0 aliphatic carbocycles. The second-order valence-corrected chi connectivity index (χ2v) is 7.10. The summed E-state index contributed by atoms with van der Waals surface area (Å²) >= 11 is 0. The first-order valence-electron chi connectivity index (χ1n) is 7.93. The average molecular weight is 268 g/mol. The van der Waals surface area contributed by atoms with Gasteiger partial charge < -0.3 is 20.9 Å². The molecule has 2 aliphatic rings. The second kappa shape index (κ2) is 6.53. The molecule has 0 amide bonds. The van der Waals surface area contributed by atoms with Crippen molar-refractivity contribution in [2.75, 3.05) is 45.8 Å². The maximum atomic E-state index is 5.88. The first-order chi connectivity index (χ1) is 8.99. The zero-order chi connectivity index (χ0) is 13.9. The number of piperidine rings is 1. The molecule has 3 N–H and O–H groups in total. The molecule has 0 saturated carbocycles. The van der Waals surface area contributed by atoms with Crippen LogP contribution in [0.25, 0.3) is 0 Å². The zero-order valence-electron chi connectivity index (χ0n) is 13.0. The highest BCUT2D eigenvalue weighted by Crippen LogP contribution is 2.40. The fourth-order valence-electron chi connectivity index (χ4n) is 3.51. The minimum atomic E-state index is 0.314. The Bertz CT molecular complexity index is 261. The summed E-state index contributed by atoms with van der Waals surface area (Å²) in [7, 11) is 0. The van der Waals surface area contributed by atoms with Gasteiger partial charge in [0.1, 0.15) is 0 Å². The molecule has 112 valence electrons. The lowest BCUT2D eigenvalue weighted by Crippen LogP contribution is -2.61. The van der Waals surface area contributed by atoms with E-state index in [9.17, 15) is 0 Å². The van der Waals surface area contributed by atoms with Crippen LogP contribution in [0.3, 0.4) is 0 Å². The van der Waals surface area contributed by atoms with Crippen LogP contribution in [-0.4, -0.2) is 67.7 Å². The molecule has 0 aromatic heterocycles. The van der Waals surface area contributed by atoms with E-state index in [0.29, 0.717) is 17.5 Å². The summed E-state index contributed by atoms with van der Waals surface area (Å²) in [6.07, 6.45) is 2.74. The van der Waals surface area contributed by atoms with E-state index in [4.69, 9.17) is 5.73 Å². The molecule has 2 heterocycles. The lowest BCUT2D eigenvalue weighted by atomic mass is 9.72. The second-order valence-electron chi connectivity index (χ2n) is 7.10. The van der Waals surface area contributed by atoms with Crippen LogP contribution in [0.5, 0.6) is 0 Å². The van der Waals surface area contributed by atoms with Crippen molar-refractivity contribution in [2.24, 2.45) is 11.1 Å². The van der Waals surface area contributed by atoms with Gasteiger partial charge in [0.2, 0.25) is 0 Å². The third-order valence-corrected chi connectivity index (χ3v) is 4.56. The van der Waals surface area contributed by atoms with Crippen molar-refractivity contribution in [3.05, 3.63) is 0 Å². The van der Waals surface area contributed by atoms with Gasteiger partial charge in [0.25, 0.3) is 0 Å². The molecule has 4 nitrogen and oxygen atoms in total. The van der Waals surface area contributed by atoms with Gasteiger partial charge in [-0.05, 0) is 38.3 Å². The Morgan fingerprint density at radius 1 is 1.11 bits per heavy atom. The maximum absolute atomic E-state index is 5.88. The Labute approximate surface area is 118 Å². The highest BCUT2D eigenvalue weighted by Gasteiger charge is 2.44. The van der Waals surface area contributed by atoms with E-state index < -0.39 is 0 Å². The van der Waals surface area contributed by atoms with Crippen molar-refractivity contribution in [1.82, 2.24) is 15.1 Å². The Hall–Kier alpha value is -0.160. The lowest BCUT2D eigenvalue weighted by molar-refractivity contribution is -0.0459. The van der Waals surface area contributed by atoms with E-state index in [-0.39, 0.29) is 0 Å². The lowest BCUT2D eigenvalue weighted by Gasteiger charge is -2.54. The Kier molecular flexibility index (Phi) is 5.23. The van der Waals surface area contributed by atoms with Gasteiger partial charge in [0.15, 0.2) is 0 Å². The van der Waals surface area contributed by atoms with Crippen LogP contribution in [0, 0.1) is 5.41 Å². The van der Waals surface area contributed by atoms with Crippen LogP contribution in [0.1, 0.15) is 33.6 Å². The minimum Gasteiger partial charge on any atom is -0.327 e. The largest absolute Gasteiger partial charge is 0.327 e. The highest BCUT2D eigenvalue weighted by molar-refractivity contribution is 4.98. The number of nitrogens with two attached hydrogens (primary N) is 1. The van der Waals surface area contributed by atoms with E-state index in [2.05, 4.69) is 35.9 Å². The van der Waals surface area contributed by atoms with Gasteiger partial charge >= 0.3 is 0 Å². The molecule has 0 aromatic carbocycles. The van der Waals surface area contributed by atoms with Crippen molar-refractivity contribution in [3.63, 3.8) is 0 Å². The molecule has 4 heteroatoms. The molecule has 2 saturated heterocycles. The van der Waals surface area contributed by atoms with Crippen molar-refractivity contribution < 1.29 is 0 Å². The number of nitrogens with one attached hydrogen (secondary N) is 1. The molecule has 2 rings (SSSR count). The van der Waals surface area contributed by atoms with Gasteiger partial charge in [-0.15, -0.1) is 0 Å². The predicted molar refractivity (Wildman–Crippen MR) is 81.3 cm³/mol. The third-order valence-electron chi connectivity index (χ3n) is 4.56. The summed E-state index contributed by atoms with van der Waals surface area (Å²) in [5.74, 6) is 0. The van der Waals surface area contributed by atoms with Crippen LogP contribution in [-0.2, 0) is 0 Å². The monoisotopic (exact) mass is 268 g/mol. The van der Waals surface area contributed by atoms with Gasteiger partial charge in [0.05, 0.1) is 0 Å². The number of hydrogen-bond donors (Lipinski definition) is 2. The number of rotatable bonds is 6. The molecule has 2 aliphatic heterocycles. The van der Waals surface area contributed by atoms with E-state index in [1.165, 1.54) is 45.6 Å². The van der Waals surface area contributed by atoms with Crippen LogP contribution in [0.2, 0.25) is 0 Å². The van der Waals surface area contributed by atoms with Crippen LogP contribution < -0.4 is 11.1 Å². The van der Waals surface area contributed by atoms with Gasteiger partial charge in [0, 0.05) is 44.8 Å². The number of hydrogen-bond acceptors (Lipinski definition) is 4. The van der Waals surface area contributed by atoms with Crippen LogP contribution >= 0.6 is 0 Å². The number of likely N-dealkylation sites (tertiary alicyclic amines) is 2. The minimum absolute atomic E-state index is 0.314. The molecule has 1 spiro atoms. The van der Waals surface area contributed by atoms with Gasteiger partial charge in [-0.2, -0.15) is 0 Å². The zero-order valence-corrected chi connectivity index (χ0v) is 13.0. The fourth-order valence-corrected chi connectivity index (χ4v) is 3.51. The standard InChI is InChI=1S/C15H32N4/c1-13(2)17-6-9-19-11-15(12-19)4-7-18(8-5-15)10-14(3)16/h13-14,17H,4-12,16H2,1-3H3. The summed E-state index contributed by atoms with van der Waals surface area (Å²) in [5.41, 5.74) is 6.53. The van der Waals surface area contributed by atoms with Crippen molar-refractivity contribution in [2.45, 2.75) is 45.7 Å². The Morgan fingerprint density at radius 3 is 2.26 bits per heavy atom. The summed E-state index contributed by atoms with van der Waals surface area (Å²) in [4.78, 5) is 5.15. The predicted octanol–water partition coefficient (Wildman–Crippen LogP) is 0.729. The molecular formula is C15H32N4. The molecule has 1 atom stereocenters. The first kappa shape index (κ1) is 15.2. The Balaban J connectivity index is 1.61. The van der Waals surface area contributed by atoms with Gasteiger partial charge in [-0.25, -0.2) is 0 Å². The molecule has 2 fully saturated rings. The van der Waals surface area contributed by atoms with Gasteiger partial charge in [-0.3, -0.25) is 0 Å². The average Bonchev–Trinajstić information content (AvgIpc) is 2.28. The fraction of sp³-hybridized carbons (Fsp3) is 1.00. The topological polar surface area (TPSA) is 44.5 Å². The molecule has 0 radical (unpaired) electrons. The third kappa shape index (κ3) is 4.42. The normalized spacial score (nSPS) is 25.7. The number of nitrogens with zero attached hydrogens (tertiary/aromatic N) is 2. The van der Waals surface area contributed by atoms with Crippen LogP contribution in [0.15, 0.2) is 0 Å². The molecule has 1 unspecified atom stereocenters. The maximum Gasteiger partial charge on any atom is 0.0139 e. The molecule has 0 bridgehead atoms. The van der Waals surface area contributed by atoms with E-state index in [1.807, 2.05) is 0 Å². The molecule has 0 aromatic rings. The summed E-state index contributed by atoms with van der Waals surface area (Å²) < 4.78 is 0. The highest BCUT2D eigenvalue weighted by atomic mass is 15.2. The quantitative estimate of drug-likeness (QED) is 0.745. The van der Waals surface area contributed by atoms with Crippen molar-refractivity contribution >= 4 is 0 Å². The SMILES string of the molecule is CC(N)CN1CCC2(CC1)CN(CCNC(C)C)C2. The van der Waals surface area contributed by atoms with E-state index in [0.717, 1.165) is 13.1 Å². The summed E-state index contributed by atoms with van der Waals surface area (Å²) in [6.45, 7) is 15.1.